The summed E-state index contributed by atoms with van der Waals surface area (Å²) in [4.78, 5) is 38.0. The number of fused-ring (bicyclic) bond motifs is 1. The van der Waals surface area contributed by atoms with E-state index in [2.05, 4.69) is 0 Å². The highest BCUT2D eigenvalue weighted by atomic mass is 16.4. The van der Waals surface area contributed by atoms with Gasteiger partial charge in [-0.05, 0) is 38.3 Å². The Balaban J connectivity index is 1.95. The minimum absolute atomic E-state index is 0.129. The molecular formula is C17H21N3O4. The van der Waals surface area contributed by atoms with E-state index in [9.17, 15) is 19.5 Å². The van der Waals surface area contributed by atoms with Crippen molar-refractivity contribution in [3.8, 4) is 0 Å². The van der Waals surface area contributed by atoms with E-state index in [0.717, 1.165) is 18.4 Å². The number of benzene rings is 1. The van der Waals surface area contributed by atoms with Crippen LogP contribution in [0.5, 0.6) is 0 Å². The number of para-hydroxylation sites is 2. The van der Waals surface area contributed by atoms with Crippen molar-refractivity contribution in [2.45, 2.75) is 45.3 Å². The van der Waals surface area contributed by atoms with Crippen LogP contribution in [0.25, 0.3) is 11.0 Å². The number of carbonyl (C=O) groups is 2. The van der Waals surface area contributed by atoms with Crippen molar-refractivity contribution in [2.75, 3.05) is 6.54 Å². The first-order chi connectivity index (χ1) is 11.5. The van der Waals surface area contributed by atoms with Gasteiger partial charge >= 0.3 is 11.7 Å². The predicted molar refractivity (Wildman–Crippen MR) is 88.9 cm³/mol. The third-order valence-corrected chi connectivity index (χ3v) is 4.64. The first kappa shape index (κ1) is 16.3. The molecule has 7 nitrogen and oxygen atoms in total. The summed E-state index contributed by atoms with van der Waals surface area (Å²) in [6.07, 6.45) is 2.06. The van der Waals surface area contributed by atoms with Crippen molar-refractivity contribution in [1.82, 2.24) is 14.0 Å². The van der Waals surface area contributed by atoms with Crippen molar-refractivity contribution in [1.29, 1.82) is 0 Å². The van der Waals surface area contributed by atoms with Crippen LogP contribution in [0.15, 0.2) is 29.1 Å². The fourth-order valence-electron chi connectivity index (χ4n) is 3.44. The highest BCUT2D eigenvalue weighted by molar-refractivity contribution is 5.85. The summed E-state index contributed by atoms with van der Waals surface area (Å²) >= 11 is 0. The lowest BCUT2D eigenvalue weighted by atomic mass is 10.0. The number of aryl methyl sites for hydroxylation is 1. The molecule has 7 heteroatoms. The summed E-state index contributed by atoms with van der Waals surface area (Å²) in [5.74, 6) is -1.30. The lowest BCUT2D eigenvalue weighted by molar-refractivity contribution is -0.152. The van der Waals surface area contributed by atoms with E-state index in [1.807, 2.05) is 25.1 Å². The monoisotopic (exact) mass is 331 g/mol. The topological polar surface area (TPSA) is 84.5 Å². The summed E-state index contributed by atoms with van der Waals surface area (Å²) in [6, 6.07) is 6.54. The fraction of sp³-hybridized carbons (Fsp3) is 0.471. The van der Waals surface area contributed by atoms with Gasteiger partial charge in [-0.25, -0.2) is 9.59 Å². The van der Waals surface area contributed by atoms with Gasteiger partial charge < -0.3 is 10.0 Å². The van der Waals surface area contributed by atoms with Crippen LogP contribution < -0.4 is 5.69 Å². The second kappa shape index (κ2) is 6.51. The summed E-state index contributed by atoms with van der Waals surface area (Å²) in [6.45, 7) is 2.69. The van der Waals surface area contributed by atoms with Gasteiger partial charge in [0.05, 0.1) is 11.0 Å². The van der Waals surface area contributed by atoms with Gasteiger partial charge in [-0.15, -0.1) is 0 Å². The maximum Gasteiger partial charge on any atom is 0.329 e. The van der Waals surface area contributed by atoms with Gasteiger partial charge in [0.15, 0.2) is 0 Å². The lowest BCUT2D eigenvalue weighted by Crippen LogP contribution is -2.49. The van der Waals surface area contributed by atoms with Crippen molar-refractivity contribution >= 4 is 22.9 Å². The standard InChI is InChI=1S/C17H21N3O4/c1-2-18-12-7-3-4-8-13(12)20(17(18)24)11-15(21)19-10-6-5-9-14(19)16(22)23/h3-4,7-8,14H,2,5-6,9-11H2,1H3,(H,22,23)/t14-/m1/s1. The number of imidazole rings is 1. The number of hydrogen-bond donors (Lipinski definition) is 1. The van der Waals surface area contributed by atoms with Crippen LogP contribution >= 0.6 is 0 Å². The highest BCUT2D eigenvalue weighted by Gasteiger charge is 2.32. The van der Waals surface area contributed by atoms with Crippen LogP contribution in [-0.2, 0) is 22.7 Å². The van der Waals surface area contributed by atoms with E-state index in [0.29, 0.717) is 25.0 Å². The molecule has 1 amide bonds. The summed E-state index contributed by atoms with van der Waals surface area (Å²) < 4.78 is 3.06. The minimum Gasteiger partial charge on any atom is -0.480 e. The van der Waals surface area contributed by atoms with Gasteiger partial charge in [0.2, 0.25) is 5.91 Å². The average molecular weight is 331 g/mol. The Morgan fingerprint density at radius 1 is 1.17 bits per heavy atom. The molecule has 2 aromatic rings. The smallest absolute Gasteiger partial charge is 0.329 e. The summed E-state index contributed by atoms with van der Waals surface area (Å²) in [5, 5.41) is 9.33. The van der Waals surface area contributed by atoms with Crippen LogP contribution in [0.4, 0.5) is 0 Å². The average Bonchev–Trinajstić information content (AvgIpc) is 2.86. The number of rotatable bonds is 4. The van der Waals surface area contributed by atoms with Gasteiger partial charge in [0.1, 0.15) is 12.6 Å². The van der Waals surface area contributed by atoms with Crippen molar-refractivity contribution < 1.29 is 14.7 Å². The van der Waals surface area contributed by atoms with Gasteiger partial charge in [-0.1, -0.05) is 12.1 Å². The highest BCUT2D eigenvalue weighted by Crippen LogP contribution is 2.19. The zero-order valence-electron chi connectivity index (χ0n) is 13.6. The van der Waals surface area contributed by atoms with E-state index in [1.54, 1.807) is 10.6 Å². The first-order valence-corrected chi connectivity index (χ1v) is 8.25. The normalized spacial score (nSPS) is 18.0. The van der Waals surface area contributed by atoms with E-state index in [1.165, 1.54) is 9.47 Å². The number of carboxylic acids is 1. The summed E-state index contributed by atoms with van der Waals surface area (Å²) in [5.41, 5.74) is 1.24. The molecule has 1 aliphatic rings. The van der Waals surface area contributed by atoms with Crippen LogP contribution in [-0.4, -0.2) is 43.6 Å². The molecule has 0 bridgehead atoms. The molecule has 1 saturated heterocycles. The van der Waals surface area contributed by atoms with Gasteiger partial charge in [0, 0.05) is 13.1 Å². The molecule has 0 spiro atoms. The Labute approximate surface area is 139 Å². The van der Waals surface area contributed by atoms with Crippen molar-refractivity contribution in [2.24, 2.45) is 0 Å². The number of carboxylic acid groups (broad SMARTS) is 1. The first-order valence-electron chi connectivity index (χ1n) is 8.25. The quantitative estimate of drug-likeness (QED) is 0.915. The van der Waals surface area contributed by atoms with Gasteiger partial charge in [-0.3, -0.25) is 13.9 Å². The predicted octanol–water partition coefficient (Wildman–Crippen LogP) is 1.29. The van der Waals surface area contributed by atoms with Crippen molar-refractivity contribution in [3.63, 3.8) is 0 Å². The third kappa shape index (κ3) is 2.70. The third-order valence-electron chi connectivity index (χ3n) is 4.64. The number of aliphatic carboxylic acids is 1. The van der Waals surface area contributed by atoms with Crippen LogP contribution in [0.1, 0.15) is 26.2 Å². The van der Waals surface area contributed by atoms with Gasteiger partial charge in [-0.2, -0.15) is 0 Å². The lowest BCUT2D eigenvalue weighted by Gasteiger charge is -2.33. The number of amides is 1. The molecule has 128 valence electrons. The Bertz CT molecular complexity index is 836. The Morgan fingerprint density at radius 3 is 2.46 bits per heavy atom. The Morgan fingerprint density at radius 2 is 1.83 bits per heavy atom. The van der Waals surface area contributed by atoms with Crippen LogP contribution in [0.2, 0.25) is 0 Å². The molecule has 0 saturated carbocycles. The number of aromatic nitrogens is 2. The van der Waals surface area contributed by atoms with Gasteiger partial charge in [0.25, 0.3) is 0 Å². The van der Waals surface area contributed by atoms with Crippen LogP contribution in [0.3, 0.4) is 0 Å². The molecule has 0 unspecified atom stereocenters. The zero-order chi connectivity index (χ0) is 17.3. The molecule has 0 aliphatic carbocycles. The fourth-order valence-corrected chi connectivity index (χ4v) is 3.44. The van der Waals surface area contributed by atoms with E-state index < -0.39 is 12.0 Å². The second-order valence-electron chi connectivity index (χ2n) is 6.04. The molecule has 1 N–H and O–H groups in total. The molecule has 0 radical (unpaired) electrons. The van der Waals surface area contributed by atoms with E-state index in [-0.39, 0.29) is 18.1 Å². The molecule has 1 fully saturated rings. The number of likely N-dealkylation sites (tertiary alicyclic amines) is 1. The Hall–Kier alpha value is -2.57. The Kier molecular flexibility index (Phi) is 4.42. The summed E-state index contributed by atoms with van der Waals surface area (Å²) in [7, 11) is 0. The maximum atomic E-state index is 12.7. The number of carbonyl (C=O) groups excluding carboxylic acids is 1. The zero-order valence-corrected chi connectivity index (χ0v) is 13.6. The molecule has 1 aromatic carbocycles. The number of hydrogen-bond acceptors (Lipinski definition) is 3. The SMILES string of the molecule is CCn1c(=O)n(CC(=O)N2CCCC[C@@H]2C(=O)O)c2ccccc21. The molecule has 1 atom stereocenters. The molecule has 24 heavy (non-hydrogen) atoms. The molecule has 2 heterocycles. The number of piperidine rings is 1. The molecule has 1 aliphatic heterocycles. The molecule has 3 rings (SSSR count). The number of nitrogens with zero attached hydrogens (tertiary/aromatic N) is 3. The second-order valence-corrected chi connectivity index (χ2v) is 6.04. The maximum absolute atomic E-state index is 12.7. The molecular weight excluding hydrogens is 310 g/mol. The van der Waals surface area contributed by atoms with Crippen molar-refractivity contribution in [3.05, 3.63) is 34.7 Å². The minimum atomic E-state index is -0.980. The van der Waals surface area contributed by atoms with E-state index in [4.69, 9.17) is 0 Å². The van der Waals surface area contributed by atoms with Crippen LogP contribution in [0, 0.1) is 0 Å². The largest absolute Gasteiger partial charge is 0.480 e. The molecule has 1 aromatic heterocycles. The van der Waals surface area contributed by atoms with E-state index >= 15 is 0 Å².